The minimum absolute atomic E-state index is 0.138. The predicted octanol–water partition coefficient (Wildman–Crippen LogP) is 5.27. The van der Waals surface area contributed by atoms with E-state index < -0.39 is 11.9 Å². The van der Waals surface area contributed by atoms with Gasteiger partial charge in [0.1, 0.15) is 11.4 Å². The van der Waals surface area contributed by atoms with Gasteiger partial charge in [-0.25, -0.2) is 9.48 Å². The summed E-state index contributed by atoms with van der Waals surface area (Å²) < 4.78 is 6.38. The molecule has 172 valence electrons. The number of carbonyl (C=O) groups excluding carboxylic acids is 3. The fourth-order valence-electron chi connectivity index (χ4n) is 3.12. The Morgan fingerprint density at radius 1 is 1.00 bits per heavy atom. The van der Waals surface area contributed by atoms with Gasteiger partial charge in [0.15, 0.2) is 0 Å². The third-order valence-corrected chi connectivity index (χ3v) is 5.91. The number of amides is 2. The first-order valence-corrected chi connectivity index (χ1v) is 11.5. The van der Waals surface area contributed by atoms with E-state index >= 15 is 0 Å². The highest BCUT2D eigenvalue weighted by molar-refractivity contribution is 7.12. The van der Waals surface area contributed by atoms with Crippen LogP contribution in [0.25, 0.3) is 5.69 Å². The molecule has 34 heavy (non-hydrogen) atoms. The summed E-state index contributed by atoms with van der Waals surface area (Å²) in [5.41, 5.74) is 1.47. The number of anilines is 2. The number of nitrogens with zero attached hydrogens (tertiary/aromatic N) is 2. The maximum absolute atomic E-state index is 13.1. The molecule has 10 heteroatoms. The van der Waals surface area contributed by atoms with E-state index in [0.29, 0.717) is 26.8 Å². The van der Waals surface area contributed by atoms with Gasteiger partial charge >= 0.3 is 5.97 Å². The van der Waals surface area contributed by atoms with Gasteiger partial charge in [-0.15, -0.1) is 11.3 Å². The van der Waals surface area contributed by atoms with Gasteiger partial charge in [-0.05, 0) is 54.8 Å². The number of halogens is 1. The standard InChI is InChI=1S/C24H19ClN4O4S/c1-2-33-24(32)15-9-11-16(12-10-15)27-22(30)17-14-26-29(19-7-4-3-6-18(19)25)21(17)28-23(31)20-8-5-13-34-20/h3-14H,2H2,1H3,(H,27,30)(H,28,31). The minimum atomic E-state index is -0.497. The predicted molar refractivity (Wildman–Crippen MR) is 131 cm³/mol. The van der Waals surface area contributed by atoms with Crippen LogP contribution in [0.15, 0.2) is 72.2 Å². The lowest BCUT2D eigenvalue weighted by Gasteiger charge is -2.12. The first kappa shape index (κ1) is 23.2. The van der Waals surface area contributed by atoms with Crippen molar-refractivity contribution >= 4 is 52.2 Å². The highest BCUT2D eigenvalue weighted by Gasteiger charge is 2.22. The molecule has 0 atom stereocenters. The number of hydrogen-bond donors (Lipinski definition) is 2. The van der Waals surface area contributed by atoms with Gasteiger partial charge in [0, 0.05) is 5.69 Å². The van der Waals surface area contributed by atoms with Crippen molar-refractivity contribution in [2.75, 3.05) is 17.2 Å². The topological polar surface area (TPSA) is 102 Å². The summed E-state index contributed by atoms with van der Waals surface area (Å²) >= 11 is 7.61. The van der Waals surface area contributed by atoms with E-state index in [1.54, 1.807) is 73.0 Å². The summed E-state index contributed by atoms with van der Waals surface area (Å²) in [7, 11) is 0. The zero-order valence-electron chi connectivity index (χ0n) is 17.9. The van der Waals surface area contributed by atoms with E-state index in [0.717, 1.165) is 0 Å². The summed E-state index contributed by atoms with van der Waals surface area (Å²) in [5, 5.41) is 12.0. The van der Waals surface area contributed by atoms with Crippen molar-refractivity contribution in [1.82, 2.24) is 9.78 Å². The highest BCUT2D eigenvalue weighted by Crippen LogP contribution is 2.27. The number of rotatable bonds is 7. The van der Waals surface area contributed by atoms with Crippen LogP contribution in [-0.2, 0) is 4.74 Å². The Balaban J connectivity index is 1.64. The van der Waals surface area contributed by atoms with Crippen LogP contribution >= 0.6 is 22.9 Å². The number of ether oxygens (including phenoxy) is 1. The normalized spacial score (nSPS) is 10.5. The molecule has 2 heterocycles. The van der Waals surface area contributed by atoms with Crippen molar-refractivity contribution in [3.63, 3.8) is 0 Å². The molecule has 0 bridgehead atoms. The molecule has 2 aromatic heterocycles. The molecular weight excluding hydrogens is 476 g/mol. The fraction of sp³-hybridized carbons (Fsp3) is 0.0833. The van der Waals surface area contributed by atoms with Gasteiger partial charge in [0.25, 0.3) is 11.8 Å². The second kappa shape index (κ2) is 10.3. The Kier molecular flexibility index (Phi) is 7.05. The number of nitrogens with one attached hydrogen (secondary N) is 2. The quantitative estimate of drug-likeness (QED) is 0.341. The van der Waals surface area contributed by atoms with E-state index in [2.05, 4.69) is 15.7 Å². The van der Waals surface area contributed by atoms with Gasteiger partial charge in [-0.2, -0.15) is 5.10 Å². The fourth-order valence-corrected chi connectivity index (χ4v) is 3.96. The molecule has 8 nitrogen and oxygen atoms in total. The third kappa shape index (κ3) is 5.00. The van der Waals surface area contributed by atoms with Crippen molar-refractivity contribution in [1.29, 1.82) is 0 Å². The summed E-state index contributed by atoms with van der Waals surface area (Å²) in [6.45, 7) is 2.00. The van der Waals surface area contributed by atoms with E-state index in [9.17, 15) is 14.4 Å². The first-order valence-electron chi connectivity index (χ1n) is 10.2. The third-order valence-electron chi connectivity index (χ3n) is 4.73. The van der Waals surface area contributed by atoms with E-state index in [1.807, 2.05) is 0 Å². The second-order valence-electron chi connectivity index (χ2n) is 6.95. The molecule has 0 unspecified atom stereocenters. The molecule has 4 aromatic rings. The molecule has 0 aliphatic carbocycles. The molecule has 0 fully saturated rings. The molecule has 2 aromatic carbocycles. The number of esters is 1. The van der Waals surface area contributed by atoms with Crippen LogP contribution in [0.4, 0.5) is 11.5 Å². The van der Waals surface area contributed by atoms with Crippen molar-refractivity contribution in [2.24, 2.45) is 0 Å². The number of aromatic nitrogens is 2. The average Bonchev–Trinajstić information content (AvgIpc) is 3.51. The number of carbonyl (C=O) groups is 3. The van der Waals surface area contributed by atoms with E-state index in [1.165, 1.54) is 22.2 Å². The lowest BCUT2D eigenvalue weighted by molar-refractivity contribution is 0.0526. The first-order chi connectivity index (χ1) is 16.5. The van der Waals surface area contributed by atoms with Crippen LogP contribution in [0, 0.1) is 0 Å². The van der Waals surface area contributed by atoms with E-state index in [-0.39, 0.29) is 23.9 Å². The lowest BCUT2D eigenvalue weighted by atomic mass is 10.2. The van der Waals surface area contributed by atoms with Crippen molar-refractivity contribution in [3.8, 4) is 5.69 Å². The molecule has 4 rings (SSSR count). The van der Waals surface area contributed by atoms with Gasteiger partial charge in [-0.3, -0.25) is 9.59 Å². The van der Waals surface area contributed by atoms with Crippen LogP contribution in [-0.4, -0.2) is 34.2 Å². The number of hydrogen-bond acceptors (Lipinski definition) is 6. The van der Waals surface area contributed by atoms with E-state index in [4.69, 9.17) is 16.3 Å². The molecule has 0 saturated carbocycles. The SMILES string of the molecule is CCOC(=O)c1ccc(NC(=O)c2cnn(-c3ccccc3Cl)c2NC(=O)c2cccs2)cc1. The molecule has 2 N–H and O–H groups in total. The number of para-hydroxylation sites is 1. The van der Waals surface area contributed by atoms with Gasteiger partial charge in [0.2, 0.25) is 0 Å². The Morgan fingerprint density at radius 2 is 1.76 bits per heavy atom. The largest absolute Gasteiger partial charge is 0.462 e. The number of benzene rings is 2. The van der Waals surface area contributed by atoms with Crippen LogP contribution in [0.3, 0.4) is 0 Å². The maximum Gasteiger partial charge on any atom is 0.338 e. The highest BCUT2D eigenvalue weighted by atomic mass is 35.5. The van der Waals surface area contributed by atoms with Crippen molar-refractivity contribution in [2.45, 2.75) is 6.92 Å². The zero-order chi connectivity index (χ0) is 24.1. The van der Waals surface area contributed by atoms with Gasteiger partial charge < -0.3 is 15.4 Å². The van der Waals surface area contributed by atoms with Crippen LogP contribution in [0.2, 0.25) is 5.02 Å². The molecule has 0 spiro atoms. The number of thiophene rings is 1. The van der Waals surface area contributed by atoms with Gasteiger partial charge in [0.05, 0.1) is 34.0 Å². The van der Waals surface area contributed by atoms with Crippen molar-refractivity contribution in [3.05, 3.63) is 93.3 Å². The molecule has 0 saturated heterocycles. The Bertz CT molecular complexity index is 1330. The van der Waals surface area contributed by atoms with Gasteiger partial charge in [-0.1, -0.05) is 29.8 Å². The second-order valence-corrected chi connectivity index (χ2v) is 8.31. The smallest absolute Gasteiger partial charge is 0.338 e. The monoisotopic (exact) mass is 494 g/mol. The minimum Gasteiger partial charge on any atom is -0.462 e. The molecule has 0 aliphatic heterocycles. The van der Waals surface area contributed by atoms with Crippen molar-refractivity contribution < 1.29 is 19.1 Å². The summed E-state index contributed by atoms with van der Waals surface area (Å²) in [4.78, 5) is 38.2. The summed E-state index contributed by atoms with van der Waals surface area (Å²) in [5.74, 6) is -1.15. The maximum atomic E-state index is 13.1. The zero-order valence-corrected chi connectivity index (χ0v) is 19.5. The molecular formula is C24H19ClN4O4S. The summed E-state index contributed by atoms with van der Waals surface area (Å²) in [6, 6.07) is 16.7. The Hall–Kier alpha value is -3.95. The van der Waals surface area contributed by atoms with Crippen LogP contribution < -0.4 is 10.6 Å². The van der Waals surface area contributed by atoms with Crippen LogP contribution in [0.5, 0.6) is 0 Å². The molecule has 0 aliphatic rings. The van der Waals surface area contributed by atoms with Crippen LogP contribution in [0.1, 0.15) is 37.3 Å². The summed E-state index contributed by atoms with van der Waals surface area (Å²) in [6.07, 6.45) is 1.36. The molecule has 0 radical (unpaired) electrons. The average molecular weight is 495 g/mol. The molecule has 2 amide bonds. The lowest BCUT2D eigenvalue weighted by Crippen LogP contribution is -2.19. The Morgan fingerprint density at radius 3 is 2.44 bits per heavy atom. The Labute approximate surface area is 204 Å².